The third-order valence-electron chi connectivity index (χ3n) is 7.61. The van der Waals surface area contributed by atoms with Gasteiger partial charge in [0.05, 0.1) is 23.1 Å². The highest BCUT2D eigenvalue weighted by atomic mass is 16.3. The molecule has 0 radical (unpaired) electrons. The first-order valence-electron chi connectivity index (χ1n) is 12.0. The molecule has 8 nitrogen and oxygen atoms in total. The number of nitrogens with zero attached hydrogens (tertiary/aromatic N) is 6. The molecule has 0 atom stereocenters. The second-order valence-corrected chi connectivity index (χ2v) is 10.2. The van der Waals surface area contributed by atoms with Crippen LogP contribution in [0.5, 0.6) is 0 Å². The number of anilines is 1. The first kappa shape index (κ1) is 25.0. The van der Waals surface area contributed by atoms with E-state index in [1.165, 1.54) is 0 Å². The molecule has 2 aromatic heterocycles. The fourth-order valence-corrected chi connectivity index (χ4v) is 5.31. The van der Waals surface area contributed by atoms with Crippen molar-refractivity contribution >= 4 is 28.4 Å². The minimum absolute atomic E-state index is 0. The van der Waals surface area contributed by atoms with Gasteiger partial charge in [-0.05, 0) is 42.4 Å². The van der Waals surface area contributed by atoms with Crippen LogP contribution in [0.2, 0.25) is 0 Å². The number of likely N-dealkylation sites (N-methyl/N-ethyl adjacent to an activating group) is 1. The zero-order chi connectivity index (χ0) is 24.0. The Hall–Kier alpha value is -3.15. The van der Waals surface area contributed by atoms with Gasteiger partial charge in [-0.25, -0.2) is 4.98 Å². The van der Waals surface area contributed by atoms with E-state index in [-0.39, 0.29) is 25.4 Å². The van der Waals surface area contributed by atoms with Crippen molar-refractivity contribution in [2.45, 2.75) is 40.2 Å². The Bertz CT molecular complexity index is 1300. The van der Waals surface area contributed by atoms with Crippen molar-refractivity contribution in [2.75, 3.05) is 51.8 Å². The van der Waals surface area contributed by atoms with Crippen LogP contribution in [0.3, 0.4) is 0 Å². The lowest BCUT2D eigenvalue weighted by Gasteiger charge is -2.41. The molecule has 2 aliphatic heterocycles. The molecular weight excluding hydrogens is 440 g/mol. The fraction of sp³-hybridized carbons (Fsp3) is 0.519. The molecule has 186 valence electrons. The van der Waals surface area contributed by atoms with E-state index < -0.39 is 0 Å². The van der Waals surface area contributed by atoms with Crippen LogP contribution in [-0.2, 0) is 17.8 Å². The SMILES string of the molecule is C.CN(C)C(=O)CN1CCc2c(c(N3CCC(C)(CO)CC3)n3c(nc4ccccc43)c2C#N)C1. The Balaban J connectivity index is 0.00000289. The second kappa shape index (κ2) is 9.48. The Morgan fingerprint density at radius 2 is 1.91 bits per heavy atom. The summed E-state index contributed by atoms with van der Waals surface area (Å²) >= 11 is 0. The maximum atomic E-state index is 12.5. The number of fused-ring (bicyclic) bond motifs is 4. The molecule has 5 rings (SSSR count). The van der Waals surface area contributed by atoms with Crippen LogP contribution in [0.1, 0.15) is 43.9 Å². The van der Waals surface area contributed by atoms with Gasteiger partial charge in [0.25, 0.3) is 0 Å². The molecule has 0 aliphatic carbocycles. The van der Waals surface area contributed by atoms with Crippen molar-refractivity contribution in [3.63, 3.8) is 0 Å². The van der Waals surface area contributed by atoms with Crippen LogP contribution in [0.15, 0.2) is 24.3 Å². The zero-order valence-corrected chi connectivity index (χ0v) is 20.2. The largest absolute Gasteiger partial charge is 0.396 e. The van der Waals surface area contributed by atoms with Gasteiger partial charge in [-0.3, -0.25) is 14.1 Å². The number of benzene rings is 1. The lowest BCUT2D eigenvalue weighted by atomic mass is 9.81. The Morgan fingerprint density at radius 1 is 1.20 bits per heavy atom. The second-order valence-electron chi connectivity index (χ2n) is 10.2. The molecule has 1 amide bonds. The van der Waals surface area contributed by atoms with Gasteiger partial charge >= 0.3 is 0 Å². The Labute approximate surface area is 207 Å². The number of carbonyl (C=O) groups is 1. The van der Waals surface area contributed by atoms with E-state index in [1.807, 2.05) is 18.2 Å². The van der Waals surface area contributed by atoms with Crippen LogP contribution in [0.4, 0.5) is 5.82 Å². The van der Waals surface area contributed by atoms with Gasteiger partial charge in [-0.1, -0.05) is 26.5 Å². The topological polar surface area (TPSA) is 88.1 Å². The quantitative estimate of drug-likeness (QED) is 0.623. The van der Waals surface area contributed by atoms with E-state index in [9.17, 15) is 15.2 Å². The molecule has 8 heteroatoms. The van der Waals surface area contributed by atoms with E-state index in [0.29, 0.717) is 30.7 Å². The van der Waals surface area contributed by atoms with Crippen molar-refractivity contribution in [2.24, 2.45) is 5.41 Å². The number of hydrogen-bond donors (Lipinski definition) is 1. The lowest BCUT2D eigenvalue weighted by Crippen LogP contribution is -2.44. The van der Waals surface area contributed by atoms with E-state index >= 15 is 0 Å². The van der Waals surface area contributed by atoms with Gasteiger partial charge in [0.2, 0.25) is 5.91 Å². The van der Waals surface area contributed by atoms with Crippen molar-refractivity contribution in [1.29, 1.82) is 5.26 Å². The Morgan fingerprint density at radius 3 is 2.57 bits per heavy atom. The van der Waals surface area contributed by atoms with Crippen LogP contribution in [0, 0.1) is 16.7 Å². The van der Waals surface area contributed by atoms with E-state index in [4.69, 9.17) is 4.98 Å². The molecule has 0 unspecified atom stereocenters. The van der Waals surface area contributed by atoms with Crippen LogP contribution >= 0.6 is 0 Å². The van der Waals surface area contributed by atoms with Crippen molar-refractivity contribution in [3.05, 3.63) is 41.0 Å². The predicted octanol–water partition coefficient (Wildman–Crippen LogP) is 3.04. The number of amides is 1. The molecule has 35 heavy (non-hydrogen) atoms. The molecule has 4 heterocycles. The van der Waals surface area contributed by atoms with Crippen molar-refractivity contribution in [3.8, 4) is 6.07 Å². The minimum atomic E-state index is -0.0660. The molecule has 0 saturated carbocycles. The third kappa shape index (κ3) is 4.24. The summed E-state index contributed by atoms with van der Waals surface area (Å²) < 4.78 is 2.16. The molecular formula is C27H36N6O2. The average Bonchev–Trinajstić information content (AvgIpc) is 3.22. The third-order valence-corrected chi connectivity index (χ3v) is 7.61. The summed E-state index contributed by atoms with van der Waals surface area (Å²) in [5.74, 6) is 1.16. The lowest BCUT2D eigenvalue weighted by molar-refractivity contribution is -0.130. The molecule has 1 saturated heterocycles. The van der Waals surface area contributed by atoms with Crippen LogP contribution in [-0.4, -0.2) is 77.1 Å². The van der Waals surface area contributed by atoms with Gasteiger partial charge in [-0.15, -0.1) is 0 Å². The van der Waals surface area contributed by atoms with Crippen LogP contribution in [0.25, 0.3) is 16.7 Å². The number of aliphatic hydroxyl groups excluding tert-OH is 1. The smallest absolute Gasteiger partial charge is 0.236 e. The molecule has 1 fully saturated rings. The number of pyridine rings is 1. The number of carbonyl (C=O) groups excluding carboxylic acids is 1. The fourth-order valence-electron chi connectivity index (χ4n) is 5.31. The number of hydrogen-bond acceptors (Lipinski definition) is 6. The maximum Gasteiger partial charge on any atom is 0.236 e. The average molecular weight is 477 g/mol. The summed E-state index contributed by atoms with van der Waals surface area (Å²) in [7, 11) is 3.57. The Kier molecular flexibility index (Phi) is 6.76. The molecule has 1 N–H and O–H groups in total. The minimum Gasteiger partial charge on any atom is -0.396 e. The number of imidazole rings is 1. The monoisotopic (exact) mass is 476 g/mol. The van der Waals surface area contributed by atoms with Crippen LogP contribution < -0.4 is 4.90 Å². The molecule has 0 spiro atoms. The van der Waals surface area contributed by atoms with Crippen molar-refractivity contribution in [1.82, 2.24) is 19.2 Å². The summed E-state index contributed by atoms with van der Waals surface area (Å²) in [4.78, 5) is 23.6. The number of nitriles is 1. The van der Waals surface area contributed by atoms with E-state index in [1.54, 1.807) is 19.0 Å². The van der Waals surface area contributed by atoms with Gasteiger partial charge in [0.1, 0.15) is 11.9 Å². The van der Waals surface area contributed by atoms with Gasteiger partial charge < -0.3 is 14.9 Å². The highest BCUT2D eigenvalue weighted by Crippen LogP contribution is 2.39. The summed E-state index contributed by atoms with van der Waals surface area (Å²) in [6, 6.07) is 10.5. The highest BCUT2D eigenvalue weighted by molar-refractivity contribution is 5.86. The predicted molar refractivity (Wildman–Crippen MR) is 138 cm³/mol. The summed E-state index contributed by atoms with van der Waals surface area (Å²) in [6.45, 7) is 5.71. The number of rotatable bonds is 4. The summed E-state index contributed by atoms with van der Waals surface area (Å²) in [5, 5.41) is 20.1. The van der Waals surface area contributed by atoms with E-state index in [0.717, 1.165) is 60.5 Å². The standard InChI is InChI=1S/C26H32N6O2.CH4/c1-26(17-33)9-12-31(13-10-26)25-20-15-30(16-23(34)29(2)3)11-8-18(20)19(14-27)24-28-21-6-4-5-7-22(21)32(24)25;/h4-7,33H,8-13,15-17H2,1-3H3;1H4. The zero-order valence-electron chi connectivity index (χ0n) is 20.2. The highest BCUT2D eigenvalue weighted by Gasteiger charge is 2.34. The first-order chi connectivity index (χ1) is 16.3. The van der Waals surface area contributed by atoms with Gasteiger partial charge in [0.15, 0.2) is 5.65 Å². The summed E-state index contributed by atoms with van der Waals surface area (Å²) in [5.41, 5.74) is 5.34. The normalized spacial score (nSPS) is 17.6. The molecule has 2 aliphatic rings. The van der Waals surface area contributed by atoms with Crippen molar-refractivity contribution < 1.29 is 9.90 Å². The summed E-state index contributed by atoms with van der Waals surface area (Å²) in [6.07, 6.45) is 2.51. The van der Waals surface area contributed by atoms with Gasteiger partial charge in [-0.2, -0.15) is 5.26 Å². The van der Waals surface area contributed by atoms with Gasteiger partial charge in [0, 0.05) is 52.4 Å². The maximum absolute atomic E-state index is 12.5. The number of piperidine rings is 1. The number of para-hydroxylation sites is 2. The molecule has 3 aromatic rings. The number of aliphatic hydroxyl groups is 1. The molecule has 1 aromatic carbocycles. The van der Waals surface area contributed by atoms with E-state index in [2.05, 4.69) is 33.3 Å². The number of aromatic nitrogens is 2. The first-order valence-corrected chi connectivity index (χ1v) is 12.0. The molecule has 0 bridgehead atoms.